The van der Waals surface area contributed by atoms with Crippen molar-refractivity contribution in [3.63, 3.8) is 0 Å². The van der Waals surface area contributed by atoms with Gasteiger partial charge in [-0.1, -0.05) is 25.1 Å². The van der Waals surface area contributed by atoms with E-state index < -0.39 is 0 Å². The van der Waals surface area contributed by atoms with Crippen molar-refractivity contribution >= 4 is 0 Å². The molecule has 20 heavy (non-hydrogen) atoms. The van der Waals surface area contributed by atoms with Crippen molar-refractivity contribution in [2.45, 2.75) is 45.8 Å². The van der Waals surface area contributed by atoms with Gasteiger partial charge in [-0.05, 0) is 49.9 Å². The largest absolute Gasteiger partial charge is 0.376 e. The number of ether oxygens (including phenoxy) is 2. The smallest absolute Gasteiger partial charge is 0.0965 e. The van der Waals surface area contributed by atoms with Gasteiger partial charge in [0.15, 0.2) is 0 Å². The Labute approximate surface area is 122 Å². The second-order valence-electron chi connectivity index (χ2n) is 5.62. The van der Waals surface area contributed by atoms with Crippen LogP contribution in [-0.4, -0.2) is 38.5 Å². The van der Waals surface area contributed by atoms with Crippen LogP contribution in [0.3, 0.4) is 0 Å². The molecular weight excluding hydrogens is 250 g/mol. The van der Waals surface area contributed by atoms with Crippen molar-refractivity contribution in [2.24, 2.45) is 0 Å². The van der Waals surface area contributed by atoms with Crippen LogP contribution >= 0.6 is 0 Å². The highest BCUT2D eigenvalue weighted by Crippen LogP contribution is 2.18. The van der Waals surface area contributed by atoms with Gasteiger partial charge in [0.2, 0.25) is 0 Å². The monoisotopic (exact) mass is 277 g/mol. The van der Waals surface area contributed by atoms with Crippen LogP contribution in [0.2, 0.25) is 0 Å². The van der Waals surface area contributed by atoms with E-state index >= 15 is 0 Å². The van der Waals surface area contributed by atoms with Crippen molar-refractivity contribution in [3.8, 4) is 0 Å². The number of benzene rings is 1. The summed E-state index contributed by atoms with van der Waals surface area (Å²) in [7, 11) is 0. The fraction of sp³-hybridized carbons (Fsp3) is 0.647. The summed E-state index contributed by atoms with van der Waals surface area (Å²) in [6, 6.07) is 6.84. The number of nitrogens with one attached hydrogen (secondary N) is 1. The molecule has 3 heteroatoms. The standard InChI is InChI=1S/C17H27NO2/c1-4-8-18-16(17-12-19-9-10-20-17)11-15-13(2)6-5-7-14(15)3/h5-7,16-18H,4,8-12H2,1-3H3. The Balaban J connectivity index is 2.09. The Morgan fingerprint density at radius 2 is 2.00 bits per heavy atom. The third kappa shape index (κ3) is 4.05. The molecule has 0 spiro atoms. The third-order valence-electron chi connectivity index (χ3n) is 4.02. The van der Waals surface area contributed by atoms with Gasteiger partial charge in [-0.2, -0.15) is 0 Å². The minimum atomic E-state index is 0.161. The van der Waals surface area contributed by atoms with Crippen molar-refractivity contribution < 1.29 is 9.47 Å². The Morgan fingerprint density at radius 3 is 2.60 bits per heavy atom. The predicted molar refractivity (Wildman–Crippen MR) is 82.3 cm³/mol. The average molecular weight is 277 g/mol. The Bertz CT molecular complexity index is 393. The fourth-order valence-corrected chi connectivity index (χ4v) is 2.79. The van der Waals surface area contributed by atoms with Crippen LogP contribution in [0.4, 0.5) is 0 Å². The zero-order chi connectivity index (χ0) is 14.4. The molecule has 3 nitrogen and oxygen atoms in total. The average Bonchev–Trinajstić information content (AvgIpc) is 2.47. The molecule has 1 fully saturated rings. The summed E-state index contributed by atoms with van der Waals surface area (Å²) in [5, 5.41) is 3.64. The molecule has 112 valence electrons. The lowest BCUT2D eigenvalue weighted by Gasteiger charge is -2.32. The van der Waals surface area contributed by atoms with Crippen LogP contribution in [0.1, 0.15) is 30.0 Å². The first-order valence-electron chi connectivity index (χ1n) is 7.70. The molecule has 2 atom stereocenters. The van der Waals surface area contributed by atoms with Crippen LogP contribution in [-0.2, 0) is 15.9 Å². The van der Waals surface area contributed by atoms with E-state index in [1.807, 2.05) is 0 Å². The fourth-order valence-electron chi connectivity index (χ4n) is 2.79. The van der Waals surface area contributed by atoms with Crippen LogP contribution in [0.15, 0.2) is 18.2 Å². The molecule has 0 bridgehead atoms. The summed E-state index contributed by atoms with van der Waals surface area (Å²) in [6.07, 6.45) is 2.30. The second-order valence-corrected chi connectivity index (χ2v) is 5.62. The highest BCUT2D eigenvalue weighted by Gasteiger charge is 2.25. The summed E-state index contributed by atoms with van der Waals surface area (Å²) in [5.41, 5.74) is 4.17. The van der Waals surface area contributed by atoms with E-state index in [1.165, 1.54) is 16.7 Å². The van der Waals surface area contributed by atoms with Crippen LogP contribution < -0.4 is 5.32 Å². The topological polar surface area (TPSA) is 30.5 Å². The van der Waals surface area contributed by atoms with Crippen LogP contribution in [0.25, 0.3) is 0 Å². The number of aryl methyl sites for hydroxylation is 2. The maximum absolute atomic E-state index is 5.90. The Hall–Kier alpha value is -0.900. The maximum atomic E-state index is 5.90. The highest BCUT2D eigenvalue weighted by atomic mass is 16.6. The SMILES string of the molecule is CCCNC(Cc1c(C)cccc1C)C1COCCO1. The minimum Gasteiger partial charge on any atom is -0.376 e. The van der Waals surface area contributed by atoms with Gasteiger partial charge in [0.25, 0.3) is 0 Å². The van der Waals surface area contributed by atoms with Crippen molar-refractivity contribution in [1.82, 2.24) is 5.32 Å². The first-order chi connectivity index (χ1) is 9.72. The van der Waals surface area contributed by atoms with E-state index in [0.717, 1.165) is 26.0 Å². The molecule has 0 aromatic heterocycles. The zero-order valence-corrected chi connectivity index (χ0v) is 12.9. The molecule has 1 aliphatic heterocycles. The van der Waals surface area contributed by atoms with Gasteiger partial charge in [0, 0.05) is 6.04 Å². The minimum absolute atomic E-state index is 0.161. The zero-order valence-electron chi connectivity index (χ0n) is 12.9. The highest BCUT2D eigenvalue weighted by molar-refractivity contribution is 5.34. The first-order valence-corrected chi connectivity index (χ1v) is 7.70. The first kappa shape index (κ1) is 15.5. The number of hydrogen-bond donors (Lipinski definition) is 1. The van der Waals surface area contributed by atoms with Gasteiger partial charge in [-0.25, -0.2) is 0 Å². The van der Waals surface area contributed by atoms with Crippen LogP contribution in [0, 0.1) is 13.8 Å². The van der Waals surface area contributed by atoms with Gasteiger partial charge in [-0.3, -0.25) is 0 Å². The normalized spacial score (nSPS) is 20.9. The summed E-state index contributed by atoms with van der Waals surface area (Å²) in [6.45, 7) is 9.74. The lowest BCUT2D eigenvalue weighted by atomic mass is 9.94. The van der Waals surface area contributed by atoms with E-state index in [4.69, 9.17) is 9.47 Å². The Kier molecular flexibility index (Phi) is 6.02. The second kappa shape index (κ2) is 7.77. The summed E-state index contributed by atoms with van der Waals surface area (Å²) in [5.74, 6) is 0. The van der Waals surface area contributed by atoms with Crippen molar-refractivity contribution in [2.75, 3.05) is 26.4 Å². The van der Waals surface area contributed by atoms with Crippen molar-refractivity contribution in [1.29, 1.82) is 0 Å². The van der Waals surface area contributed by atoms with Gasteiger partial charge in [-0.15, -0.1) is 0 Å². The molecule has 1 saturated heterocycles. The lowest BCUT2D eigenvalue weighted by molar-refractivity contribution is -0.101. The van der Waals surface area contributed by atoms with E-state index in [0.29, 0.717) is 19.3 Å². The molecule has 1 aromatic carbocycles. The van der Waals surface area contributed by atoms with Gasteiger partial charge in [0.05, 0.1) is 25.9 Å². The Morgan fingerprint density at radius 1 is 1.25 bits per heavy atom. The summed E-state index contributed by atoms with van der Waals surface area (Å²) >= 11 is 0. The summed E-state index contributed by atoms with van der Waals surface area (Å²) in [4.78, 5) is 0. The summed E-state index contributed by atoms with van der Waals surface area (Å²) < 4.78 is 11.5. The lowest BCUT2D eigenvalue weighted by Crippen LogP contribution is -2.48. The van der Waals surface area contributed by atoms with Crippen LogP contribution in [0.5, 0.6) is 0 Å². The molecule has 0 amide bonds. The molecule has 1 N–H and O–H groups in total. The van der Waals surface area contributed by atoms with Crippen molar-refractivity contribution in [3.05, 3.63) is 34.9 Å². The van der Waals surface area contributed by atoms with Gasteiger partial charge >= 0.3 is 0 Å². The number of rotatable bonds is 6. The molecule has 2 unspecified atom stereocenters. The quantitative estimate of drug-likeness (QED) is 0.867. The van der Waals surface area contributed by atoms with Gasteiger partial charge < -0.3 is 14.8 Å². The molecule has 1 aromatic rings. The molecular formula is C17H27NO2. The molecule has 1 aliphatic rings. The molecule has 0 radical (unpaired) electrons. The van der Waals surface area contributed by atoms with Gasteiger partial charge in [0.1, 0.15) is 0 Å². The molecule has 0 aliphatic carbocycles. The van der Waals surface area contributed by atoms with E-state index in [9.17, 15) is 0 Å². The molecule has 1 heterocycles. The third-order valence-corrected chi connectivity index (χ3v) is 4.02. The maximum Gasteiger partial charge on any atom is 0.0965 e. The van der Waals surface area contributed by atoms with E-state index in [1.54, 1.807) is 0 Å². The predicted octanol–water partition coefficient (Wildman–Crippen LogP) is 2.63. The van der Waals surface area contributed by atoms with E-state index in [2.05, 4.69) is 44.3 Å². The molecule has 0 saturated carbocycles. The number of hydrogen-bond acceptors (Lipinski definition) is 3. The van der Waals surface area contributed by atoms with E-state index in [-0.39, 0.29) is 6.10 Å². The molecule has 2 rings (SSSR count).